The maximum absolute atomic E-state index is 14.6. The zero-order chi connectivity index (χ0) is 49.5. The van der Waals surface area contributed by atoms with Crippen molar-refractivity contribution >= 4 is 41.8 Å². The number of aromatic hydroxyl groups is 11. The minimum absolute atomic E-state index is 0.385. The van der Waals surface area contributed by atoms with Crippen molar-refractivity contribution in [1.29, 1.82) is 0 Å². The van der Waals surface area contributed by atoms with E-state index in [1.165, 1.54) is 0 Å². The monoisotopic (exact) mass is 954 g/mol. The number of hydrogen-bond donors (Lipinski definition) is 13. The van der Waals surface area contributed by atoms with Crippen LogP contribution >= 0.6 is 0 Å². The molecule has 0 amide bonds. The van der Waals surface area contributed by atoms with Gasteiger partial charge in [-0.25, -0.2) is 24.0 Å². The fourth-order valence-corrected chi connectivity index (χ4v) is 7.99. The second kappa shape index (κ2) is 16.4. The Balaban J connectivity index is 1.39. The number of esters is 6. The zero-order valence-corrected chi connectivity index (χ0v) is 33.4. The van der Waals surface area contributed by atoms with E-state index in [0.29, 0.717) is 30.3 Å². The number of carboxylic acid groups (broad SMARTS) is 1. The van der Waals surface area contributed by atoms with Crippen LogP contribution in [-0.2, 0) is 42.8 Å². The number of hydrogen-bond acceptors (Lipinski definition) is 26. The van der Waals surface area contributed by atoms with Crippen molar-refractivity contribution in [2.75, 3.05) is 6.61 Å². The number of carbonyl (C=O) groups is 7. The number of ether oxygens (including phenoxy) is 7. The van der Waals surface area contributed by atoms with Crippen LogP contribution in [0.5, 0.6) is 69.0 Å². The van der Waals surface area contributed by atoms with Gasteiger partial charge < -0.3 is 99.5 Å². The van der Waals surface area contributed by atoms with E-state index in [9.17, 15) is 99.9 Å². The van der Waals surface area contributed by atoms with Crippen molar-refractivity contribution < 1.29 is 133 Å². The van der Waals surface area contributed by atoms with Crippen molar-refractivity contribution in [3.05, 3.63) is 58.1 Å². The van der Waals surface area contributed by atoms with Gasteiger partial charge in [-0.05, 0) is 30.3 Å². The lowest BCUT2D eigenvalue weighted by atomic mass is 9.76. The van der Waals surface area contributed by atoms with Crippen molar-refractivity contribution in [1.82, 2.24) is 0 Å². The molecule has 4 aliphatic heterocycles. The molecule has 0 aromatic heterocycles. The summed E-state index contributed by atoms with van der Waals surface area (Å²) in [5, 5.41) is 138. The van der Waals surface area contributed by atoms with Gasteiger partial charge in [-0.3, -0.25) is 9.59 Å². The van der Waals surface area contributed by atoms with E-state index in [1.807, 2.05) is 0 Å². The summed E-state index contributed by atoms with van der Waals surface area (Å²) in [5.74, 6) is -32.2. The summed E-state index contributed by atoms with van der Waals surface area (Å²) in [4.78, 5) is 96.6. The van der Waals surface area contributed by atoms with Crippen LogP contribution in [0.1, 0.15) is 59.3 Å². The first-order valence-electron chi connectivity index (χ1n) is 19.2. The third-order valence-electron chi connectivity index (χ3n) is 11.2. The number of carbonyl (C=O) groups excluding carboxylic acids is 6. The Bertz CT molecular complexity index is 2900. The normalized spacial score (nSPS) is 24.3. The summed E-state index contributed by atoms with van der Waals surface area (Å²) >= 11 is 0. The number of aliphatic carboxylic acids is 1. The molecule has 0 saturated carbocycles. The van der Waals surface area contributed by atoms with E-state index < -0.39 is 211 Å². The molecule has 0 aliphatic carbocycles. The highest BCUT2D eigenvalue weighted by atomic mass is 16.7. The predicted octanol–water partition coefficient (Wildman–Crippen LogP) is -0.00170. The first-order valence-corrected chi connectivity index (χ1v) is 19.2. The van der Waals surface area contributed by atoms with Crippen LogP contribution in [0.15, 0.2) is 30.3 Å². The molecule has 27 nitrogen and oxygen atoms in total. The van der Waals surface area contributed by atoms with Crippen molar-refractivity contribution in [2.24, 2.45) is 5.92 Å². The lowest BCUT2D eigenvalue weighted by Crippen LogP contribution is -2.63. The smallest absolute Gasteiger partial charge is 0.342 e. The van der Waals surface area contributed by atoms with E-state index in [4.69, 9.17) is 33.2 Å². The molecule has 356 valence electrons. The topological polar surface area (TPSA) is 447 Å². The van der Waals surface area contributed by atoms with Gasteiger partial charge in [0.15, 0.2) is 70.1 Å². The van der Waals surface area contributed by atoms with Gasteiger partial charge >= 0.3 is 41.8 Å². The molecule has 4 heterocycles. The number of carboxylic acids is 1. The van der Waals surface area contributed by atoms with Crippen LogP contribution in [0.2, 0.25) is 0 Å². The maximum atomic E-state index is 14.6. The first kappa shape index (κ1) is 45.5. The molecule has 4 aromatic rings. The van der Waals surface area contributed by atoms with E-state index in [-0.39, 0.29) is 0 Å². The molecule has 8 rings (SSSR count). The molecule has 6 bridgehead atoms. The van der Waals surface area contributed by atoms with Gasteiger partial charge in [-0.1, -0.05) is 0 Å². The molecular weight excluding hydrogens is 924 g/mol. The van der Waals surface area contributed by atoms with E-state index in [0.717, 1.165) is 0 Å². The van der Waals surface area contributed by atoms with Crippen molar-refractivity contribution in [3.63, 3.8) is 0 Å². The highest BCUT2D eigenvalue weighted by molar-refractivity contribution is 6.05. The number of benzene rings is 4. The number of rotatable bonds is 4. The third-order valence-corrected chi connectivity index (χ3v) is 11.2. The third kappa shape index (κ3) is 7.31. The predicted molar refractivity (Wildman–Crippen MR) is 206 cm³/mol. The van der Waals surface area contributed by atoms with Gasteiger partial charge in [-0.2, -0.15) is 0 Å². The molecule has 1 fully saturated rings. The molecule has 4 aromatic carbocycles. The Labute approximate surface area is 374 Å². The number of cyclic esters (lactones) is 1. The van der Waals surface area contributed by atoms with Crippen LogP contribution in [-0.4, -0.2) is 152 Å². The Kier molecular flexibility index (Phi) is 11.0. The van der Waals surface area contributed by atoms with Gasteiger partial charge in [-0.15, -0.1) is 0 Å². The number of aliphatic hydroxyl groups excluding tert-OH is 1. The Morgan fingerprint density at radius 3 is 1.84 bits per heavy atom. The standard InChI is InChI=1S/C41H30O27/c42-14-1-8(2-15(43)25(14)50)35(56)68-41-34-33-31(64-39(60)12(6-19(46)47)21-22-11(38(59)67-34)5-17(45)27(52)32(22)65-40(61)29(21)54)18(63-41)7-62-36(57)13-3-9(23(48)30(55)24(13)49)20-10(37(58)66-33)4-16(44)26(51)28(20)53/h1-5,12,18,21,29,31,33-34,41-45,48-55H,6-7H2,(H,46,47)/t12-,18+,21-,29-,31+,33-,34+,41-/m0/s1. The van der Waals surface area contributed by atoms with Crippen LogP contribution in [0.25, 0.3) is 11.1 Å². The fourth-order valence-electron chi connectivity index (χ4n) is 7.99. The second-order valence-corrected chi connectivity index (χ2v) is 15.2. The average Bonchev–Trinajstić information content (AvgIpc) is 3.28. The Morgan fingerprint density at radius 2 is 1.18 bits per heavy atom. The second-order valence-electron chi connectivity index (χ2n) is 15.2. The molecule has 13 N–H and O–H groups in total. The molecular formula is C41H30O27. The SMILES string of the molecule is O=C(O)C[C@@H]1C(=O)O[C@H]2[C@@H]3OC(=O)c4cc(O)c(O)c(O)c4-c4cc(c(O)c(O)c4O)C(=O)OC[C@H]2O[C@@H](OC(=O)c2cc(O)c(O)c(O)c2)[C@@H]3OC(=O)c2cc(O)c(O)c3c2[C@H]1[C@H](O)C(=O)O3. The summed E-state index contributed by atoms with van der Waals surface area (Å²) < 4.78 is 38.8. The molecule has 0 unspecified atom stereocenters. The molecule has 1 saturated heterocycles. The van der Waals surface area contributed by atoms with E-state index in [1.54, 1.807) is 0 Å². The first-order chi connectivity index (χ1) is 32.0. The zero-order valence-electron chi connectivity index (χ0n) is 33.4. The number of fused-ring (bicyclic) bond motifs is 4. The lowest BCUT2D eigenvalue weighted by Gasteiger charge is -2.44. The number of aliphatic hydroxyl groups is 1. The number of phenols is 11. The molecule has 4 aliphatic rings. The largest absolute Gasteiger partial charge is 0.504 e. The maximum Gasteiger partial charge on any atom is 0.342 e. The molecule has 8 atom stereocenters. The summed E-state index contributed by atoms with van der Waals surface area (Å²) in [6.45, 7) is -1.31. The minimum Gasteiger partial charge on any atom is -0.504 e. The average molecular weight is 955 g/mol. The molecule has 0 spiro atoms. The van der Waals surface area contributed by atoms with Gasteiger partial charge in [0.2, 0.25) is 29.6 Å². The van der Waals surface area contributed by atoms with Gasteiger partial charge in [0, 0.05) is 22.6 Å². The van der Waals surface area contributed by atoms with Gasteiger partial charge in [0.1, 0.15) is 18.3 Å². The Morgan fingerprint density at radius 1 is 0.588 bits per heavy atom. The minimum atomic E-state index is -2.59. The van der Waals surface area contributed by atoms with Gasteiger partial charge in [0.25, 0.3) is 0 Å². The molecule has 0 radical (unpaired) electrons. The fraction of sp³-hybridized carbons (Fsp3) is 0.244. The highest BCUT2D eigenvalue weighted by Gasteiger charge is 2.58. The quantitative estimate of drug-likeness (QED) is 0.0554. The van der Waals surface area contributed by atoms with E-state index >= 15 is 0 Å². The van der Waals surface area contributed by atoms with Crippen molar-refractivity contribution in [2.45, 2.75) is 49.1 Å². The van der Waals surface area contributed by atoms with E-state index in [2.05, 4.69) is 0 Å². The summed E-state index contributed by atoms with van der Waals surface area (Å²) in [5.41, 5.74) is -6.91. The molecule has 68 heavy (non-hydrogen) atoms. The van der Waals surface area contributed by atoms with Gasteiger partial charge in [0.05, 0.1) is 29.0 Å². The summed E-state index contributed by atoms with van der Waals surface area (Å²) in [6, 6.07) is 2.46. The van der Waals surface area contributed by atoms with Crippen LogP contribution in [0.4, 0.5) is 0 Å². The molecule has 27 heteroatoms. The van der Waals surface area contributed by atoms with Crippen molar-refractivity contribution in [3.8, 4) is 80.1 Å². The van der Waals surface area contributed by atoms with Crippen LogP contribution in [0.3, 0.4) is 0 Å². The Hall–Kier alpha value is -9.11. The summed E-state index contributed by atoms with van der Waals surface area (Å²) in [6.07, 6.45) is -16.4. The number of phenolic OH excluding ortho intramolecular Hbond substituents is 11. The van der Waals surface area contributed by atoms with Crippen LogP contribution in [0, 0.1) is 5.92 Å². The highest BCUT2D eigenvalue weighted by Crippen LogP contribution is 2.54. The lowest BCUT2D eigenvalue weighted by molar-refractivity contribution is -0.287. The van der Waals surface area contributed by atoms with Crippen LogP contribution < -0.4 is 4.74 Å². The summed E-state index contributed by atoms with van der Waals surface area (Å²) in [7, 11) is 0.